The first-order valence-corrected chi connectivity index (χ1v) is 9.92. The first-order chi connectivity index (χ1) is 6.83. The Bertz CT molecular complexity index is 155. The fourth-order valence-corrected chi connectivity index (χ4v) is 7.61. The summed E-state index contributed by atoms with van der Waals surface area (Å²) in [4.78, 5) is 0. The second-order valence-corrected chi connectivity index (χ2v) is 9.93. The maximum atomic E-state index is 13.2. The summed E-state index contributed by atoms with van der Waals surface area (Å²) in [6.45, 7) is 3.61. The van der Waals surface area contributed by atoms with Gasteiger partial charge in [-0.05, 0) is 12.1 Å². The topological polar surface area (TPSA) is 0 Å². The molecule has 0 nitrogen and oxygen atoms in total. The molecular weight excluding hydrogens is 240 g/mol. The third-order valence-electron chi connectivity index (χ3n) is 2.31. The molecule has 0 aliphatic carbocycles. The Morgan fingerprint density at radius 3 is 1.33 bits per heavy atom. The Balaban J connectivity index is 4.04. The summed E-state index contributed by atoms with van der Waals surface area (Å²) < 4.78 is 52.9. The zero-order valence-corrected chi connectivity index (χ0v) is 11.5. The van der Waals surface area contributed by atoms with Gasteiger partial charge in [-0.15, -0.1) is 0 Å². The van der Waals surface area contributed by atoms with E-state index in [1.807, 2.05) is 0 Å². The Morgan fingerprint density at radius 2 is 1.07 bits per heavy atom. The van der Waals surface area contributed by atoms with E-state index in [0.29, 0.717) is 25.7 Å². The van der Waals surface area contributed by atoms with Gasteiger partial charge in [0.25, 0.3) is 0 Å². The van der Waals surface area contributed by atoms with Crippen molar-refractivity contribution < 1.29 is 16.4 Å². The van der Waals surface area contributed by atoms with Crippen molar-refractivity contribution in [2.75, 3.05) is 0 Å². The van der Waals surface area contributed by atoms with Crippen LogP contribution in [0.25, 0.3) is 0 Å². The van der Waals surface area contributed by atoms with Gasteiger partial charge in [0.1, 0.15) is 0 Å². The maximum absolute atomic E-state index is 13.2. The predicted octanol–water partition coefficient (Wildman–Crippen LogP) is 4.89. The fourth-order valence-electron chi connectivity index (χ4n) is 1.43. The molecule has 0 radical (unpaired) electrons. The monoisotopic (exact) mass is 260 g/mol. The molecule has 0 aromatic carbocycles. The quantitative estimate of drug-likeness (QED) is 0.331. The molecule has 0 N–H and O–H groups in total. The number of unbranched alkanes of at least 4 members (excludes halogenated alkanes) is 2. The Hall–Kier alpha value is 0.154. The van der Waals surface area contributed by atoms with Gasteiger partial charge in [-0.3, -0.25) is 16.4 Å². The van der Waals surface area contributed by atoms with Crippen molar-refractivity contribution in [3.8, 4) is 0 Å². The highest BCUT2D eigenvalue weighted by Gasteiger charge is 2.49. The van der Waals surface area contributed by atoms with Crippen molar-refractivity contribution in [1.82, 2.24) is 0 Å². The predicted molar refractivity (Wildman–Crippen MR) is 60.2 cm³/mol. The van der Waals surface area contributed by atoms with Gasteiger partial charge in [0.15, 0.2) is 0 Å². The van der Waals surface area contributed by atoms with Crippen LogP contribution in [-0.2, 0) is 0 Å². The molecule has 0 aromatic heterocycles. The van der Waals surface area contributed by atoms with E-state index in [-0.39, 0.29) is 12.1 Å². The zero-order valence-electron chi connectivity index (χ0n) is 9.46. The normalized spacial score (nSPS) is 13.2. The van der Waals surface area contributed by atoms with Crippen LogP contribution < -0.4 is 0 Å². The van der Waals surface area contributed by atoms with E-state index < -0.39 is 23.2 Å². The first-order valence-electron chi connectivity index (χ1n) is 5.58. The molecule has 0 rings (SSSR count). The molecule has 0 atom stereocenters. The smallest absolute Gasteiger partial charge is 0.271 e. The van der Waals surface area contributed by atoms with Crippen LogP contribution in [0.5, 0.6) is 0 Å². The van der Waals surface area contributed by atoms with Crippen LogP contribution >= 0.6 is 0 Å². The lowest BCUT2D eigenvalue weighted by Gasteiger charge is -2.18. The second kappa shape index (κ2) is 6.68. The summed E-state index contributed by atoms with van der Waals surface area (Å²) in [6.07, 6.45) is 2.09. The summed E-state index contributed by atoms with van der Waals surface area (Å²) in [5.41, 5.74) is -1.01. The summed E-state index contributed by atoms with van der Waals surface area (Å²) in [7, 11) is -9.20. The van der Waals surface area contributed by atoms with Crippen LogP contribution in [0.4, 0.5) is 16.4 Å². The lowest BCUT2D eigenvalue weighted by atomic mass is 10.4. The van der Waals surface area contributed by atoms with Crippen molar-refractivity contribution >= 4 is 17.5 Å². The van der Waals surface area contributed by atoms with Crippen LogP contribution in [0.3, 0.4) is 0 Å². The molecule has 6 heteroatoms. The van der Waals surface area contributed by atoms with E-state index in [2.05, 4.69) is 0 Å². The molecule has 0 heterocycles. The van der Waals surface area contributed by atoms with Gasteiger partial charge < -0.3 is 0 Å². The molecule has 15 heavy (non-hydrogen) atoms. The van der Waals surface area contributed by atoms with Crippen LogP contribution in [0.15, 0.2) is 0 Å². The third kappa shape index (κ3) is 8.01. The molecule has 0 aliphatic heterocycles. The van der Waals surface area contributed by atoms with Crippen LogP contribution in [-0.4, -0.2) is 17.5 Å². The van der Waals surface area contributed by atoms with Gasteiger partial charge in [-0.25, -0.2) is 0 Å². The summed E-state index contributed by atoms with van der Waals surface area (Å²) in [6, 6.07) is -0.504. The Morgan fingerprint density at radius 1 is 0.733 bits per heavy atom. The molecule has 0 bridgehead atoms. The Labute approximate surface area is 91.8 Å². The SMILES string of the molecule is CCCC[Si](F)(F)C[Si](F)(F)CCCC. The number of halogens is 4. The van der Waals surface area contributed by atoms with Gasteiger partial charge in [0.05, 0.1) is 5.67 Å². The average molecular weight is 260 g/mol. The summed E-state index contributed by atoms with van der Waals surface area (Å²) in [5.74, 6) is 0. The lowest BCUT2D eigenvalue weighted by Crippen LogP contribution is -2.36. The van der Waals surface area contributed by atoms with Crippen molar-refractivity contribution in [1.29, 1.82) is 0 Å². The molecule has 0 unspecified atom stereocenters. The van der Waals surface area contributed by atoms with Gasteiger partial charge in [-0.2, -0.15) is 0 Å². The van der Waals surface area contributed by atoms with Crippen molar-refractivity contribution in [2.45, 2.75) is 57.3 Å². The molecule has 0 fully saturated rings. The van der Waals surface area contributed by atoms with Crippen molar-refractivity contribution in [2.24, 2.45) is 0 Å². The number of rotatable bonds is 8. The Kier molecular flexibility index (Phi) is 6.74. The fraction of sp³-hybridized carbons (Fsp3) is 1.00. The highest BCUT2D eigenvalue weighted by atomic mass is 28.5. The van der Waals surface area contributed by atoms with Crippen LogP contribution in [0.1, 0.15) is 39.5 Å². The van der Waals surface area contributed by atoms with Gasteiger partial charge >= 0.3 is 17.5 Å². The van der Waals surface area contributed by atoms with Crippen LogP contribution in [0.2, 0.25) is 17.8 Å². The minimum Gasteiger partial charge on any atom is -0.271 e. The van der Waals surface area contributed by atoms with E-state index in [9.17, 15) is 16.4 Å². The van der Waals surface area contributed by atoms with Crippen molar-refractivity contribution in [3.05, 3.63) is 0 Å². The average Bonchev–Trinajstić information content (AvgIpc) is 2.10. The van der Waals surface area contributed by atoms with Gasteiger partial charge in [0.2, 0.25) is 0 Å². The molecule has 0 saturated carbocycles. The van der Waals surface area contributed by atoms with E-state index in [1.165, 1.54) is 0 Å². The molecule has 0 spiro atoms. The number of hydrogen-bond acceptors (Lipinski definition) is 0. The highest BCUT2D eigenvalue weighted by Crippen LogP contribution is 2.32. The summed E-state index contributed by atoms with van der Waals surface area (Å²) >= 11 is 0. The van der Waals surface area contributed by atoms with Crippen LogP contribution in [0, 0.1) is 0 Å². The largest absolute Gasteiger partial charge is 0.427 e. The molecule has 0 aromatic rings. The second-order valence-electron chi connectivity index (χ2n) is 4.10. The minimum absolute atomic E-state index is 0.252. The highest BCUT2D eigenvalue weighted by molar-refractivity contribution is 6.84. The zero-order chi connectivity index (χ0) is 11.9. The van der Waals surface area contributed by atoms with E-state index in [1.54, 1.807) is 13.8 Å². The van der Waals surface area contributed by atoms with Gasteiger partial charge in [0, 0.05) is 0 Å². The molecule has 0 amide bonds. The van der Waals surface area contributed by atoms with Crippen molar-refractivity contribution in [3.63, 3.8) is 0 Å². The van der Waals surface area contributed by atoms with Gasteiger partial charge in [-0.1, -0.05) is 39.5 Å². The minimum atomic E-state index is -4.60. The molecular formula is C9H20F4Si2. The van der Waals surface area contributed by atoms with E-state index in [4.69, 9.17) is 0 Å². The lowest BCUT2D eigenvalue weighted by molar-refractivity contribution is 0.547. The number of hydrogen-bond donors (Lipinski definition) is 0. The molecule has 0 saturated heterocycles. The van der Waals surface area contributed by atoms with E-state index in [0.717, 1.165) is 0 Å². The third-order valence-corrected chi connectivity index (χ3v) is 8.62. The van der Waals surface area contributed by atoms with E-state index >= 15 is 0 Å². The standard InChI is InChI=1S/C9H20F4Si2/c1-3-5-7-14(10,11)9-15(12,13)8-6-4-2/h3-9H2,1-2H3. The summed E-state index contributed by atoms with van der Waals surface area (Å²) in [5, 5.41) is 0. The molecule has 92 valence electrons. The first kappa shape index (κ1) is 15.2. The molecule has 0 aliphatic rings. The maximum Gasteiger partial charge on any atom is 0.427 e.